The van der Waals surface area contributed by atoms with Gasteiger partial charge in [0.25, 0.3) is 0 Å². The van der Waals surface area contributed by atoms with Crippen molar-refractivity contribution in [3.63, 3.8) is 0 Å². The number of morpholine rings is 1. The molecule has 2 aromatic rings. The Kier molecular flexibility index (Phi) is 6.88. The van der Waals surface area contributed by atoms with E-state index in [2.05, 4.69) is 26.5 Å². The number of hydrogen-bond donors (Lipinski definition) is 2. The summed E-state index contributed by atoms with van der Waals surface area (Å²) in [6.45, 7) is 8.45. The van der Waals surface area contributed by atoms with Gasteiger partial charge in [-0.3, -0.25) is 10.00 Å². The van der Waals surface area contributed by atoms with Crippen molar-refractivity contribution in [1.82, 2.24) is 20.4 Å². The second kappa shape index (κ2) is 9.56. The zero-order valence-electron chi connectivity index (χ0n) is 15.6. The zero-order valence-corrected chi connectivity index (χ0v) is 15.6. The van der Waals surface area contributed by atoms with Crippen molar-refractivity contribution < 1.29 is 14.2 Å². The summed E-state index contributed by atoms with van der Waals surface area (Å²) in [6, 6.07) is 8.03. The van der Waals surface area contributed by atoms with Gasteiger partial charge in [0.2, 0.25) is 0 Å². The molecule has 2 N–H and O–H groups in total. The molecule has 0 atom stereocenters. The molecular formula is C19H28N4O3. The first-order valence-electron chi connectivity index (χ1n) is 9.06. The zero-order chi connectivity index (χ0) is 18.2. The number of hydrogen-bond acceptors (Lipinski definition) is 6. The number of ether oxygens (including phenoxy) is 3. The summed E-state index contributed by atoms with van der Waals surface area (Å²) < 4.78 is 17.0. The van der Waals surface area contributed by atoms with Crippen LogP contribution in [-0.2, 0) is 17.8 Å². The standard InChI is InChI=1S/C19H28N4O3/c1-15-12-17(22-21-15)14-20-13-16-4-3-5-18(24-2)19(16)26-11-8-23-6-9-25-10-7-23/h3-5,12,20H,6-11,13-14H2,1-2H3,(H,21,22). The van der Waals surface area contributed by atoms with Crippen LogP contribution in [0.15, 0.2) is 24.3 Å². The van der Waals surface area contributed by atoms with E-state index in [-0.39, 0.29) is 0 Å². The predicted octanol–water partition coefficient (Wildman–Crippen LogP) is 1.73. The lowest BCUT2D eigenvalue weighted by Gasteiger charge is -2.26. The largest absolute Gasteiger partial charge is 0.493 e. The van der Waals surface area contributed by atoms with Crippen molar-refractivity contribution in [2.24, 2.45) is 0 Å². The minimum absolute atomic E-state index is 0.631. The third-order valence-corrected chi connectivity index (χ3v) is 4.42. The van der Waals surface area contributed by atoms with Crippen molar-refractivity contribution >= 4 is 0 Å². The molecule has 0 aliphatic carbocycles. The van der Waals surface area contributed by atoms with E-state index in [0.29, 0.717) is 19.7 Å². The second-order valence-electron chi connectivity index (χ2n) is 6.40. The fourth-order valence-corrected chi connectivity index (χ4v) is 3.02. The fourth-order valence-electron chi connectivity index (χ4n) is 3.02. The van der Waals surface area contributed by atoms with Crippen LogP contribution in [0.25, 0.3) is 0 Å². The van der Waals surface area contributed by atoms with Crippen LogP contribution in [0, 0.1) is 6.92 Å². The molecule has 0 bridgehead atoms. The number of rotatable bonds is 9. The SMILES string of the molecule is COc1cccc(CNCc2cc(C)[nH]n2)c1OCCN1CCOCC1. The van der Waals surface area contributed by atoms with E-state index in [1.165, 1.54) is 0 Å². The third kappa shape index (κ3) is 5.20. The molecule has 0 spiro atoms. The average Bonchev–Trinajstić information content (AvgIpc) is 3.08. The third-order valence-electron chi connectivity index (χ3n) is 4.42. The molecule has 1 aromatic heterocycles. The molecule has 142 valence electrons. The number of aromatic nitrogens is 2. The molecule has 7 nitrogen and oxygen atoms in total. The van der Waals surface area contributed by atoms with Crippen LogP contribution in [0.4, 0.5) is 0 Å². The minimum Gasteiger partial charge on any atom is -0.493 e. The van der Waals surface area contributed by atoms with Gasteiger partial charge >= 0.3 is 0 Å². The van der Waals surface area contributed by atoms with Gasteiger partial charge in [-0.25, -0.2) is 0 Å². The Balaban J connectivity index is 1.55. The van der Waals surface area contributed by atoms with E-state index < -0.39 is 0 Å². The Morgan fingerprint density at radius 1 is 1.27 bits per heavy atom. The summed E-state index contributed by atoms with van der Waals surface area (Å²) in [7, 11) is 1.67. The highest BCUT2D eigenvalue weighted by Crippen LogP contribution is 2.31. The normalized spacial score (nSPS) is 15.2. The number of benzene rings is 1. The molecule has 1 aliphatic heterocycles. The number of para-hydroxylation sites is 1. The number of methoxy groups -OCH3 is 1. The molecule has 1 aromatic carbocycles. The first-order chi connectivity index (χ1) is 12.8. The molecule has 1 saturated heterocycles. The summed E-state index contributed by atoms with van der Waals surface area (Å²) >= 11 is 0. The molecule has 0 unspecified atom stereocenters. The highest BCUT2D eigenvalue weighted by Gasteiger charge is 2.13. The van der Waals surface area contributed by atoms with Gasteiger partial charge in [-0.2, -0.15) is 5.10 Å². The van der Waals surface area contributed by atoms with Crippen LogP contribution >= 0.6 is 0 Å². The summed E-state index contributed by atoms with van der Waals surface area (Å²) in [4.78, 5) is 2.36. The molecule has 2 heterocycles. The van der Waals surface area contributed by atoms with Crippen molar-refractivity contribution in [1.29, 1.82) is 0 Å². The summed E-state index contributed by atoms with van der Waals surface area (Å²) in [5.41, 5.74) is 3.15. The Morgan fingerprint density at radius 2 is 2.12 bits per heavy atom. The van der Waals surface area contributed by atoms with Crippen molar-refractivity contribution in [2.45, 2.75) is 20.0 Å². The Bertz CT molecular complexity index is 683. The number of nitrogens with zero attached hydrogens (tertiary/aromatic N) is 2. The topological polar surface area (TPSA) is 71.6 Å². The molecule has 3 rings (SSSR count). The van der Waals surface area contributed by atoms with E-state index in [9.17, 15) is 0 Å². The quantitative estimate of drug-likeness (QED) is 0.710. The highest BCUT2D eigenvalue weighted by atomic mass is 16.5. The lowest BCUT2D eigenvalue weighted by atomic mass is 10.2. The molecule has 0 radical (unpaired) electrons. The van der Waals surface area contributed by atoms with E-state index in [1.54, 1.807) is 7.11 Å². The van der Waals surface area contributed by atoms with Crippen LogP contribution in [0.2, 0.25) is 0 Å². The molecule has 1 fully saturated rings. The van der Waals surface area contributed by atoms with Crippen LogP contribution < -0.4 is 14.8 Å². The first-order valence-corrected chi connectivity index (χ1v) is 9.06. The first kappa shape index (κ1) is 18.7. The second-order valence-corrected chi connectivity index (χ2v) is 6.40. The smallest absolute Gasteiger partial charge is 0.165 e. The highest BCUT2D eigenvalue weighted by molar-refractivity contribution is 5.46. The summed E-state index contributed by atoms with van der Waals surface area (Å²) in [5, 5.41) is 10.6. The average molecular weight is 360 g/mol. The van der Waals surface area contributed by atoms with Crippen molar-refractivity contribution in [3.8, 4) is 11.5 Å². The van der Waals surface area contributed by atoms with Gasteiger partial charge in [0.1, 0.15) is 6.61 Å². The monoisotopic (exact) mass is 360 g/mol. The van der Waals surface area contributed by atoms with Gasteiger partial charge in [0.15, 0.2) is 11.5 Å². The van der Waals surface area contributed by atoms with Crippen molar-refractivity contribution in [3.05, 3.63) is 41.2 Å². The lowest BCUT2D eigenvalue weighted by molar-refractivity contribution is 0.0320. The number of nitrogens with one attached hydrogen (secondary N) is 2. The van der Waals surface area contributed by atoms with Gasteiger partial charge in [-0.1, -0.05) is 12.1 Å². The molecule has 1 aliphatic rings. The fraction of sp³-hybridized carbons (Fsp3) is 0.526. The van der Waals surface area contributed by atoms with E-state index >= 15 is 0 Å². The lowest BCUT2D eigenvalue weighted by Crippen LogP contribution is -2.38. The molecule has 0 saturated carbocycles. The maximum atomic E-state index is 6.10. The molecular weight excluding hydrogens is 332 g/mol. The van der Waals surface area contributed by atoms with Gasteiger partial charge in [-0.05, 0) is 19.1 Å². The van der Waals surface area contributed by atoms with Crippen LogP contribution in [0.1, 0.15) is 17.0 Å². The summed E-state index contributed by atoms with van der Waals surface area (Å²) in [6.07, 6.45) is 0. The van der Waals surface area contributed by atoms with Crippen molar-refractivity contribution in [2.75, 3.05) is 46.6 Å². The Hall–Kier alpha value is -2.09. The Morgan fingerprint density at radius 3 is 2.85 bits per heavy atom. The van der Waals surface area contributed by atoms with Gasteiger partial charge in [0, 0.05) is 44.0 Å². The Labute approximate surface area is 154 Å². The summed E-state index contributed by atoms with van der Waals surface area (Å²) in [5.74, 6) is 1.58. The molecule has 7 heteroatoms. The van der Waals surface area contributed by atoms with Crippen LogP contribution in [0.5, 0.6) is 11.5 Å². The van der Waals surface area contributed by atoms with Gasteiger partial charge in [0.05, 0.1) is 26.0 Å². The maximum absolute atomic E-state index is 6.10. The minimum atomic E-state index is 0.631. The van der Waals surface area contributed by atoms with E-state index in [1.807, 2.05) is 25.1 Å². The predicted molar refractivity (Wildman–Crippen MR) is 99.6 cm³/mol. The number of aryl methyl sites for hydroxylation is 1. The molecule has 26 heavy (non-hydrogen) atoms. The van der Waals surface area contributed by atoms with Crippen LogP contribution in [-0.4, -0.2) is 61.7 Å². The molecule has 0 amide bonds. The van der Waals surface area contributed by atoms with Gasteiger partial charge in [-0.15, -0.1) is 0 Å². The number of aromatic amines is 1. The van der Waals surface area contributed by atoms with Crippen LogP contribution in [0.3, 0.4) is 0 Å². The number of H-pyrrole nitrogens is 1. The van der Waals surface area contributed by atoms with Gasteiger partial charge < -0.3 is 19.5 Å². The van der Waals surface area contributed by atoms with E-state index in [4.69, 9.17) is 14.2 Å². The maximum Gasteiger partial charge on any atom is 0.165 e. The van der Waals surface area contributed by atoms with E-state index in [0.717, 1.165) is 61.3 Å².